The second-order valence-electron chi connectivity index (χ2n) is 6.62. The van der Waals surface area contributed by atoms with E-state index < -0.39 is 10.0 Å². The van der Waals surface area contributed by atoms with Crippen LogP contribution < -0.4 is 10.0 Å². The highest BCUT2D eigenvalue weighted by Gasteiger charge is 2.10. The molecule has 0 atom stereocenters. The minimum Gasteiger partial charge on any atom is -0.323 e. The Hall–Kier alpha value is -3.07. The summed E-state index contributed by atoms with van der Waals surface area (Å²) in [5.74, 6) is -0.732. The number of nitrogens with one attached hydrogen (secondary N) is 2. The zero-order chi connectivity index (χ0) is 22.3. The molecule has 5 nitrogen and oxygen atoms in total. The summed E-state index contributed by atoms with van der Waals surface area (Å²) >= 11 is 1.49. The monoisotopic (exact) mass is 456 g/mol. The molecule has 0 saturated heterocycles. The van der Waals surface area contributed by atoms with E-state index in [4.69, 9.17) is 0 Å². The Morgan fingerprint density at radius 3 is 2.42 bits per heavy atom. The fourth-order valence-corrected chi connectivity index (χ4v) is 4.72. The summed E-state index contributed by atoms with van der Waals surface area (Å²) in [6.07, 6.45) is 4.61. The van der Waals surface area contributed by atoms with E-state index in [0.29, 0.717) is 11.3 Å². The van der Waals surface area contributed by atoms with E-state index >= 15 is 0 Å². The molecule has 0 spiro atoms. The highest BCUT2D eigenvalue weighted by atomic mass is 32.2. The van der Waals surface area contributed by atoms with Crippen molar-refractivity contribution >= 4 is 39.0 Å². The molecule has 0 aliphatic heterocycles. The van der Waals surface area contributed by atoms with Crippen LogP contribution in [0.2, 0.25) is 0 Å². The van der Waals surface area contributed by atoms with Crippen molar-refractivity contribution in [2.24, 2.45) is 0 Å². The number of amides is 1. The number of hydrogen-bond acceptors (Lipinski definition) is 4. The highest BCUT2D eigenvalue weighted by molar-refractivity contribution is 7.88. The zero-order valence-electron chi connectivity index (χ0n) is 16.5. The molecule has 160 valence electrons. The average Bonchev–Trinajstić information content (AvgIpc) is 3.22. The fraction of sp³-hybridized carbons (Fsp3) is 0.0870. The van der Waals surface area contributed by atoms with Crippen LogP contribution in [0, 0.1) is 5.82 Å². The van der Waals surface area contributed by atoms with Crippen molar-refractivity contribution < 1.29 is 17.6 Å². The molecule has 31 heavy (non-hydrogen) atoms. The summed E-state index contributed by atoms with van der Waals surface area (Å²) in [6, 6.07) is 16.7. The minimum absolute atomic E-state index is 0.149. The molecular formula is C23H21FN2O3S2. The Morgan fingerprint density at radius 1 is 1.03 bits per heavy atom. The van der Waals surface area contributed by atoms with Gasteiger partial charge in [0.15, 0.2) is 0 Å². The van der Waals surface area contributed by atoms with E-state index in [0.717, 1.165) is 15.3 Å². The molecule has 1 amide bonds. The van der Waals surface area contributed by atoms with Gasteiger partial charge in [-0.05, 0) is 53.6 Å². The lowest BCUT2D eigenvalue weighted by atomic mass is 10.2. The number of benzene rings is 2. The first-order valence-electron chi connectivity index (χ1n) is 9.37. The van der Waals surface area contributed by atoms with Crippen LogP contribution in [0.3, 0.4) is 0 Å². The average molecular weight is 457 g/mol. The molecule has 0 radical (unpaired) electrons. The summed E-state index contributed by atoms with van der Waals surface area (Å²) in [7, 11) is -3.43. The zero-order valence-corrected chi connectivity index (χ0v) is 18.2. The van der Waals surface area contributed by atoms with Gasteiger partial charge in [-0.3, -0.25) is 4.79 Å². The molecule has 3 aromatic rings. The van der Waals surface area contributed by atoms with Gasteiger partial charge in [0.25, 0.3) is 0 Å². The van der Waals surface area contributed by atoms with Crippen molar-refractivity contribution in [1.29, 1.82) is 0 Å². The second-order valence-corrected chi connectivity index (χ2v) is 9.55. The molecule has 0 fully saturated rings. The van der Waals surface area contributed by atoms with Crippen LogP contribution in [0.4, 0.5) is 10.1 Å². The van der Waals surface area contributed by atoms with Crippen LogP contribution >= 0.6 is 11.3 Å². The molecule has 1 heterocycles. The minimum atomic E-state index is -3.43. The first-order valence-corrected chi connectivity index (χ1v) is 11.8. The van der Waals surface area contributed by atoms with Gasteiger partial charge in [0, 0.05) is 28.1 Å². The molecule has 3 rings (SSSR count). The lowest BCUT2D eigenvalue weighted by Crippen LogP contribution is -2.25. The summed E-state index contributed by atoms with van der Waals surface area (Å²) in [5.41, 5.74) is 2.09. The van der Waals surface area contributed by atoms with Crippen LogP contribution in [-0.4, -0.2) is 20.9 Å². The second kappa shape index (κ2) is 10.3. The van der Waals surface area contributed by atoms with E-state index in [1.165, 1.54) is 35.6 Å². The van der Waals surface area contributed by atoms with Crippen LogP contribution in [0.1, 0.15) is 10.4 Å². The Bertz CT molecular complexity index is 1180. The molecule has 0 saturated carbocycles. The van der Waals surface area contributed by atoms with Gasteiger partial charge < -0.3 is 5.32 Å². The fourth-order valence-electron chi connectivity index (χ4n) is 2.69. The Kier molecular flexibility index (Phi) is 7.51. The Balaban J connectivity index is 1.56. The van der Waals surface area contributed by atoms with Crippen molar-refractivity contribution in [1.82, 2.24) is 4.72 Å². The maximum atomic E-state index is 13.1. The highest BCUT2D eigenvalue weighted by Crippen LogP contribution is 2.29. The van der Waals surface area contributed by atoms with E-state index in [9.17, 15) is 17.6 Å². The molecule has 0 bridgehead atoms. The lowest BCUT2D eigenvalue weighted by Gasteiger charge is -2.06. The number of thiophene rings is 1. The number of halogens is 1. The van der Waals surface area contributed by atoms with Gasteiger partial charge in [0.2, 0.25) is 15.9 Å². The van der Waals surface area contributed by atoms with Crippen LogP contribution in [0.5, 0.6) is 0 Å². The Labute approximate surface area is 185 Å². The lowest BCUT2D eigenvalue weighted by molar-refractivity contribution is -0.111. The first kappa shape index (κ1) is 22.6. The summed E-state index contributed by atoms with van der Waals surface area (Å²) in [5, 5.41) is 2.74. The molecule has 2 aromatic carbocycles. The third-order valence-electron chi connectivity index (χ3n) is 4.18. The predicted octanol–water partition coefficient (Wildman–Crippen LogP) is 4.81. The molecule has 1 aromatic heterocycles. The number of rotatable bonds is 9. The Morgan fingerprint density at radius 2 is 1.74 bits per heavy atom. The third-order valence-corrected chi connectivity index (χ3v) is 6.60. The molecule has 2 N–H and O–H groups in total. The first-order chi connectivity index (χ1) is 14.8. The molecule has 0 unspecified atom stereocenters. The largest absolute Gasteiger partial charge is 0.323 e. The van der Waals surface area contributed by atoms with Gasteiger partial charge in [-0.15, -0.1) is 17.9 Å². The van der Waals surface area contributed by atoms with Gasteiger partial charge in [0.1, 0.15) is 5.82 Å². The summed E-state index contributed by atoms with van der Waals surface area (Å²) in [6.45, 7) is 3.66. The van der Waals surface area contributed by atoms with Crippen LogP contribution in [0.25, 0.3) is 16.5 Å². The SMILES string of the molecule is C=CCNS(=O)(=O)Cc1ccc(NC(=O)/C=C/c2ccc(-c3ccc(F)cc3)s2)cc1. The smallest absolute Gasteiger partial charge is 0.248 e. The molecule has 0 aliphatic rings. The number of carbonyl (C=O) groups excluding carboxylic acids is 1. The summed E-state index contributed by atoms with van der Waals surface area (Å²) < 4.78 is 39.3. The van der Waals surface area contributed by atoms with Crippen molar-refractivity contribution in [3.8, 4) is 10.4 Å². The maximum absolute atomic E-state index is 13.1. The number of hydrogen-bond donors (Lipinski definition) is 2. The van der Waals surface area contributed by atoms with E-state index in [1.807, 2.05) is 12.1 Å². The molecule has 0 aliphatic carbocycles. The number of carbonyl (C=O) groups is 1. The van der Waals surface area contributed by atoms with E-state index in [1.54, 1.807) is 42.5 Å². The topological polar surface area (TPSA) is 75.3 Å². The standard InChI is InChI=1S/C23H21FN2O3S2/c1-2-15-25-31(28,29)16-17-3-9-20(10-4-17)26-23(27)14-12-21-11-13-22(30-21)18-5-7-19(24)8-6-18/h2-14,25H,1,15-16H2,(H,26,27)/b14-12+. The van der Waals surface area contributed by atoms with Gasteiger partial charge in [-0.25, -0.2) is 17.5 Å². The van der Waals surface area contributed by atoms with Crippen molar-refractivity contribution in [2.45, 2.75) is 5.75 Å². The third kappa shape index (κ3) is 6.99. The van der Waals surface area contributed by atoms with Crippen molar-refractivity contribution in [3.63, 3.8) is 0 Å². The molecular weight excluding hydrogens is 435 g/mol. The van der Waals surface area contributed by atoms with Crippen molar-refractivity contribution in [2.75, 3.05) is 11.9 Å². The van der Waals surface area contributed by atoms with Crippen molar-refractivity contribution in [3.05, 3.63) is 95.7 Å². The normalized spacial score (nSPS) is 11.5. The van der Waals surface area contributed by atoms with Crippen LogP contribution in [-0.2, 0) is 20.6 Å². The van der Waals surface area contributed by atoms with E-state index in [2.05, 4.69) is 16.6 Å². The maximum Gasteiger partial charge on any atom is 0.248 e. The summed E-state index contributed by atoms with van der Waals surface area (Å²) in [4.78, 5) is 14.1. The van der Waals surface area contributed by atoms with Gasteiger partial charge in [-0.2, -0.15) is 0 Å². The van der Waals surface area contributed by atoms with E-state index in [-0.39, 0.29) is 24.0 Å². The number of anilines is 1. The predicted molar refractivity (Wildman–Crippen MR) is 125 cm³/mol. The molecule has 8 heteroatoms. The van der Waals surface area contributed by atoms with Gasteiger partial charge in [0.05, 0.1) is 5.75 Å². The number of sulfonamides is 1. The van der Waals surface area contributed by atoms with Gasteiger partial charge >= 0.3 is 0 Å². The van der Waals surface area contributed by atoms with Crippen LogP contribution in [0.15, 0.2) is 79.4 Å². The van der Waals surface area contributed by atoms with Gasteiger partial charge in [-0.1, -0.05) is 30.3 Å². The quantitative estimate of drug-likeness (QED) is 0.358.